The van der Waals surface area contributed by atoms with E-state index in [1.807, 2.05) is 31.7 Å². The van der Waals surface area contributed by atoms with E-state index in [0.29, 0.717) is 6.04 Å². The Kier molecular flexibility index (Phi) is 4.56. The fourth-order valence-corrected chi connectivity index (χ4v) is 3.18. The van der Waals surface area contributed by atoms with Gasteiger partial charge in [0.15, 0.2) is 0 Å². The minimum Gasteiger partial charge on any atom is -0.444 e. The summed E-state index contributed by atoms with van der Waals surface area (Å²) in [5.41, 5.74) is 1.10. The average molecular weight is 277 g/mol. The van der Waals surface area contributed by atoms with Crippen LogP contribution in [0.25, 0.3) is 0 Å². The third-order valence-corrected chi connectivity index (χ3v) is 3.98. The first-order valence-corrected chi connectivity index (χ1v) is 7.72. The molecule has 0 aromatic carbocycles. The van der Waals surface area contributed by atoms with Crippen LogP contribution in [0.4, 0.5) is 4.79 Å². The van der Waals surface area contributed by atoms with Gasteiger partial charge >= 0.3 is 6.09 Å². The lowest BCUT2D eigenvalue weighted by atomic mass is 9.97. The highest BCUT2D eigenvalue weighted by atomic mass is 16.6. The Balaban J connectivity index is 1.98. The van der Waals surface area contributed by atoms with Crippen LogP contribution < -0.4 is 0 Å². The van der Waals surface area contributed by atoms with E-state index in [4.69, 9.17) is 4.74 Å². The molecule has 112 valence electrons. The number of carbonyl (C=O) groups is 1. The van der Waals surface area contributed by atoms with Crippen LogP contribution in [0.15, 0.2) is 24.3 Å². The van der Waals surface area contributed by atoms with Crippen molar-refractivity contribution < 1.29 is 9.53 Å². The van der Waals surface area contributed by atoms with Crippen molar-refractivity contribution in [2.24, 2.45) is 0 Å². The Morgan fingerprint density at radius 3 is 2.85 bits per heavy atom. The molecule has 0 spiro atoms. The van der Waals surface area contributed by atoms with Crippen LogP contribution in [-0.4, -0.2) is 28.7 Å². The van der Waals surface area contributed by atoms with E-state index in [9.17, 15) is 4.79 Å². The molecule has 1 saturated heterocycles. The SMILES string of the molecule is C=CCCCC1=CC2CCC(C1)N2C(=O)OC(C)(C)C. The number of unbranched alkanes of at least 4 members (excludes halogenated alkanes) is 1. The van der Waals surface area contributed by atoms with Gasteiger partial charge in [0, 0.05) is 6.04 Å². The van der Waals surface area contributed by atoms with E-state index in [1.54, 1.807) is 0 Å². The standard InChI is InChI=1S/C17H27NO2/c1-5-6-7-8-13-11-14-9-10-15(12-13)18(14)16(19)20-17(2,3)4/h5,11,14-15H,1,6-10,12H2,2-4H3. The molecule has 0 radical (unpaired) electrons. The number of rotatable bonds is 4. The number of allylic oxidation sites excluding steroid dienone is 1. The van der Waals surface area contributed by atoms with E-state index >= 15 is 0 Å². The summed E-state index contributed by atoms with van der Waals surface area (Å²) in [6, 6.07) is 0.598. The molecule has 0 N–H and O–H groups in total. The molecule has 20 heavy (non-hydrogen) atoms. The number of ether oxygens (including phenoxy) is 1. The molecular weight excluding hydrogens is 250 g/mol. The van der Waals surface area contributed by atoms with Crippen molar-refractivity contribution in [1.29, 1.82) is 0 Å². The first-order chi connectivity index (χ1) is 9.40. The lowest BCUT2D eigenvalue weighted by molar-refractivity contribution is 0.0166. The van der Waals surface area contributed by atoms with Crippen LogP contribution in [0.2, 0.25) is 0 Å². The fourth-order valence-electron chi connectivity index (χ4n) is 3.18. The molecule has 0 aliphatic carbocycles. The van der Waals surface area contributed by atoms with Crippen LogP contribution in [0, 0.1) is 0 Å². The smallest absolute Gasteiger partial charge is 0.411 e. The highest BCUT2D eigenvalue weighted by Crippen LogP contribution is 2.37. The molecule has 2 unspecified atom stereocenters. The fraction of sp³-hybridized carbons (Fsp3) is 0.706. The Morgan fingerprint density at radius 1 is 1.50 bits per heavy atom. The molecule has 1 fully saturated rings. The van der Waals surface area contributed by atoms with Gasteiger partial charge in [0.2, 0.25) is 0 Å². The van der Waals surface area contributed by atoms with Crippen LogP contribution in [0.5, 0.6) is 0 Å². The maximum atomic E-state index is 12.3. The summed E-state index contributed by atoms with van der Waals surface area (Å²) in [5.74, 6) is 0. The summed E-state index contributed by atoms with van der Waals surface area (Å²) < 4.78 is 5.54. The maximum Gasteiger partial charge on any atom is 0.411 e. The summed E-state index contributed by atoms with van der Waals surface area (Å²) in [6.07, 6.45) is 10.7. The average Bonchev–Trinajstić information content (AvgIpc) is 2.60. The van der Waals surface area contributed by atoms with Crippen molar-refractivity contribution in [3.8, 4) is 0 Å². The van der Waals surface area contributed by atoms with Crippen LogP contribution in [-0.2, 0) is 4.74 Å². The zero-order valence-corrected chi connectivity index (χ0v) is 13.0. The van der Waals surface area contributed by atoms with Crippen molar-refractivity contribution in [3.63, 3.8) is 0 Å². The van der Waals surface area contributed by atoms with Gasteiger partial charge in [-0.15, -0.1) is 6.58 Å². The number of carbonyl (C=O) groups excluding carboxylic acids is 1. The highest BCUT2D eigenvalue weighted by molar-refractivity contribution is 5.70. The van der Waals surface area contributed by atoms with Gasteiger partial charge in [0.05, 0.1) is 6.04 Å². The predicted octanol–water partition coefficient (Wildman–Crippen LogP) is 4.44. The molecular formula is C17H27NO2. The molecule has 2 rings (SSSR count). The van der Waals surface area contributed by atoms with Crippen LogP contribution in [0.3, 0.4) is 0 Å². The van der Waals surface area contributed by atoms with E-state index < -0.39 is 5.60 Å². The Morgan fingerprint density at radius 2 is 2.25 bits per heavy atom. The summed E-state index contributed by atoms with van der Waals surface area (Å²) >= 11 is 0. The Bertz CT molecular complexity index is 406. The normalized spacial score (nSPS) is 25.4. The molecule has 0 saturated carbocycles. The van der Waals surface area contributed by atoms with E-state index in [1.165, 1.54) is 12.0 Å². The number of hydrogen-bond acceptors (Lipinski definition) is 2. The molecule has 2 atom stereocenters. The first-order valence-electron chi connectivity index (χ1n) is 7.72. The first kappa shape index (κ1) is 15.1. The molecule has 2 heterocycles. The number of hydrogen-bond donors (Lipinski definition) is 0. The summed E-state index contributed by atoms with van der Waals surface area (Å²) in [6.45, 7) is 9.54. The Hall–Kier alpha value is -1.25. The third-order valence-electron chi connectivity index (χ3n) is 3.98. The summed E-state index contributed by atoms with van der Waals surface area (Å²) in [7, 11) is 0. The third kappa shape index (κ3) is 3.65. The second kappa shape index (κ2) is 6.02. The predicted molar refractivity (Wildman–Crippen MR) is 81.6 cm³/mol. The van der Waals surface area contributed by atoms with Gasteiger partial charge in [0.25, 0.3) is 0 Å². The Labute approximate surface area is 122 Å². The molecule has 3 nitrogen and oxygen atoms in total. The van der Waals surface area contributed by atoms with E-state index in [0.717, 1.165) is 32.1 Å². The summed E-state index contributed by atoms with van der Waals surface area (Å²) in [5, 5.41) is 0. The van der Waals surface area contributed by atoms with Gasteiger partial charge in [0.1, 0.15) is 5.60 Å². The van der Waals surface area contributed by atoms with Gasteiger partial charge < -0.3 is 4.74 Å². The minimum absolute atomic E-state index is 0.147. The zero-order chi connectivity index (χ0) is 14.8. The summed E-state index contributed by atoms with van der Waals surface area (Å²) in [4.78, 5) is 14.3. The molecule has 1 amide bonds. The van der Waals surface area contributed by atoms with Crippen molar-refractivity contribution in [1.82, 2.24) is 4.90 Å². The van der Waals surface area contributed by atoms with E-state index in [2.05, 4.69) is 12.7 Å². The zero-order valence-electron chi connectivity index (χ0n) is 13.0. The topological polar surface area (TPSA) is 29.5 Å². The monoisotopic (exact) mass is 277 g/mol. The lowest BCUT2D eigenvalue weighted by Crippen LogP contribution is -2.45. The van der Waals surface area contributed by atoms with Gasteiger partial charge in [-0.05, 0) is 59.3 Å². The van der Waals surface area contributed by atoms with Crippen molar-refractivity contribution >= 4 is 6.09 Å². The minimum atomic E-state index is -0.412. The van der Waals surface area contributed by atoms with E-state index in [-0.39, 0.29) is 12.1 Å². The number of nitrogens with zero attached hydrogens (tertiary/aromatic N) is 1. The molecule has 3 heteroatoms. The lowest BCUT2D eigenvalue weighted by Gasteiger charge is -2.35. The van der Waals surface area contributed by atoms with Crippen LogP contribution >= 0.6 is 0 Å². The molecule has 2 aliphatic heterocycles. The van der Waals surface area contributed by atoms with Crippen molar-refractivity contribution in [2.75, 3.05) is 0 Å². The second-order valence-corrected chi connectivity index (χ2v) is 6.90. The van der Waals surface area contributed by atoms with Crippen LogP contribution in [0.1, 0.15) is 59.3 Å². The maximum absolute atomic E-state index is 12.3. The second-order valence-electron chi connectivity index (χ2n) is 6.90. The molecule has 2 bridgehead atoms. The van der Waals surface area contributed by atoms with Gasteiger partial charge in [-0.2, -0.15) is 0 Å². The highest BCUT2D eigenvalue weighted by Gasteiger charge is 2.41. The molecule has 0 aromatic rings. The van der Waals surface area contributed by atoms with Crippen molar-refractivity contribution in [2.45, 2.75) is 77.0 Å². The molecule has 2 aliphatic rings. The number of fused-ring (bicyclic) bond motifs is 2. The van der Waals surface area contributed by atoms with Gasteiger partial charge in [-0.1, -0.05) is 17.7 Å². The number of amides is 1. The van der Waals surface area contributed by atoms with Crippen molar-refractivity contribution in [3.05, 3.63) is 24.3 Å². The largest absolute Gasteiger partial charge is 0.444 e. The van der Waals surface area contributed by atoms with Gasteiger partial charge in [-0.3, -0.25) is 4.90 Å². The quantitative estimate of drug-likeness (QED) is 0.561. The van der Waals surface area contributed by atoms with Gasteiger partial charge in [-0.25, -0.2) is 4.79 Å². The molecule has 0 aromatic heterocycles.